The van der Waals surface area contributed by atoms with Crippen LogP contribution in [-0.4, -0.2) is 46.3 Å². The number of allylic oxidation sites excluding steroid dienone is 1. The molecule has 0 bridgehead atoms. The number of ether oxygens (including phenoxy) is 2. The largest absolute Gasteiger partial charge is 0.493 e. The fourth-order valence-electron chi connectivity index (χ4n) is 3.90. The maximum absolute atomic E-state index is 9.51. The number of halogens is 1. The van der Waals surface area contributed by atoms with E-state index in [0.717, 1.165) is 48.2 Å². The Kier molecular flexibility index (Phi) is 7.01. The van der Waals surface area contributed by atoms with Crippen molar-refractivity contribution in [3.05, 3.63) is 72.2 Å². The first kappa shape index (κ1) is 22.9. The zero-order valence-corrected chi connectivity index (χ0v) is 19.3. The highest BCUT2D eigenvalue weighted by molar-refractivity contribution is 6.31. The number of rotatable bonds is 8. The number of aromatic nitrogens is 2. The molecule has 7 nitrogen and oxygen atoms in total. The van der Waals surface area contributed by atoms with Crippen molar-refractivity contribution >= 4 is 34.0 Å². The molecule has 1 aliphatic heterocycles. The van der Waals surface area contributed by atoms with Crippen molar-refractivity contribution < 1.29 is 14.6 Å². The van der Waals surface area contributed by atoms with E-state index in [2.05, 4.69) is 33.3 Å². The molecule has 0 radical (unpaired) electrons. The van der Waals surface area contributed by atoms with Gasteiger partial charge in [0.15, 0.2) is 11.5 Å². The Morgan fingerprint density at radius 2 is 2.03 bits per heavy atom. The van der Waals surface area contributed by atoms with Gasteiger partial charge in [-0.1, -0.05) is 24.8 Å². The Morgan fingerprint density at radius 3 is 2.73 bits per heavy atom. The third-order valence-corrected chi connectivity index (χ3v) is 6.15. The molecule has 1 saturated heterocycles. The molecule has 2 aromatic carbocycles. The zero-order chi connectivity index (χ0) is 23.4. The first-order valence-corrected chi connectivity index (χ1v) is 11.1. The summed E-state index contributed by atoms with van der Waals surface area (Å²) in [6, 6.07) is 9.13. The zero-order valence-electron chi connectivity index (χ0n) is 18.6. The van der Waals surface area contributed by atoms with Crippen molar-refractivity contribution in [2.75, 3.05) is 25.5 Å². The van der Waals surface area contributed by atoms with E-state index < -0.39 is 0 Å². The van der Waals surface area contributed by atoms with Crippen LogP contribution in [0.3, 0.4) is 0 Å². The highest BCUT2D eigenvalue weighted by atomic mass is 35.5. The van der Waals surface area contributed by atoms with Crippen LogP contribution < -0.4 is 14.8 Å². The highest BCUT2D eigenvalue weighted by Gasteiger charge is 2.22. The van der Waals surface area contributed by atoms with E-state index in [9.17, 15) is 5.11 Å². The molecule has 8 heteroatoms. The van der Waals surface area contributed by atoms with Gasteiger partial charge in [-0.05, 0) is 35.9 Å². The molecule has 0 spiro atoms. The number of aliphatic hydroxyl groups excluding tert-OH is 1. The van der Waals surface area contributed by atoms with Crippen LogP contribution in [0.15, 0.2) is 61.6 Å². The molecule has 0 aliphatic carbocycles. The van der Waals surface area contributed by atoms with Crippen LogP contribution in [0.2, 0.25) is 5.02 Å². The van der Waals surface area contributed by atoms with Gasteiger partial charge in [0.25, 0.3) is 0 Å². The van der Waals surface area contributed by atoms with Crippen molar-refractivity contribution in [2.24, 2.45) is 0 Å². The maximum Gasteiger partial charge on any atom is 0.162 e. The smallest absolute Gasteiger partial charge is 0.162 e. The molecule has 3 aromatic rings. The predicted octanol–water partition coefficient (Wildman–Crippen LogP) is 5.07. The molecule has 1 aromatic heterocycles. The second-order valence-corrected chi connectivity index (χ2v) is 8.24. The Labute approximate surface area is 198 Å². The predicted molar refractivity (Wildman–Crippen MR) is 131 cm³/mol. The first-order chi connectivity index (χ1) is 16.0. The fourth-order valence-corrected chi connectivity index (χ4v) is 4.07. The van der Waals surface area contributed by atoms with Gasteiger partial charge < -0.3 is 24.8 Å². The summed E-state index contributed by atoms with van der Waals surface area (Å²) in [6.07, 6.45) is 5.09. The molecule has 0 amide bonds. The standard InChI is InChI=1S/C25H27ClN4O3/c1-4-16(2)30-9-7-19(8-10-30)33-24-12-20-22(13-23(24)32-3)27-15-28-25(20)29-18-5-6-21(26)17(11-18)14-31/h4-6,11-13,15,19,31H,1-2,7-10,14H2,3H3,(H,27,28,29). The summed E-state index contributed by atoms with van der Waals surface area (Å²) < 4.78 is 12.0. The van der Waals surface area contributed by atoms with Crippen LogP contribution in [0.4, 0.5) is 11.5 Å². The van der Waals surface area contributed by atoms with E-state index in [1.807, 2.05) is 18.2 Å². The van der Waals surface area contributed by atoms with Gasteiger partial charge in [-0.15, -0.1) is 0 Å². The first-order valence-electron chi connectivity index (χ1n) is 10.7. The minimum absolute atomic E-state index is 0.0645. The number of anilines is 2. The summed E-state index contributed by atoms with van der Waals surface area (Å²) in [5.74, 6) is 1.89. The van der Waals surface area contributed by atoms with Crippen LogP contribution in [0, 0.1) is 0 Å². The van der Waals surface area contributed by atoms with Gasteiger partial charge in [-0.25, -0.2) is 9.97 Å². The Morgan fingerprint density at radius 1 is 1.24 bits per heavy atom. The lowest BCUT2D eigenvalue weighted by Gasteiger charge is -2.34. The number of likely N-dealkylation sites (tertiary alicyclic amines) is 1. The van der Waals surface area contributed by atoms with E-state index in [1.54, 1.807) is 25.3 Å². The van der Waals surface area contributed by atoms with Crippen LogP contribution in [-0.2, 0) is 6.61 Å². The van der Waals surface area contributed by atoms with E-state index in [-0.39, 0.29) is 12.7 Å². The molecule has 4 rings (SSSR count). The number of fused-ring (bicyclic) bond motifs is 1. The van der Waals surface area contributed by atoms with Crippen LogP contribution in [0.5, 0.6) is 11.5 Å². The molecule has 1 aliphatic rings. The van der Waals surface area contributed by atoms with Crippen molar-refractivity contribution in [2.45, 2.75) is 25.6 Å². The van der Waals surface area contributed by atoms with Crippen LogP contribution in [0.25, 0.3) is 10.9 Å². The third kappa shape index (κ3) is 5.05. The van der Waals surface area contributed by atoms with Gasteiger partial charge in [0.05, 0.1) is 19.2 Å². The van der Waals surface area contributed by atoms with Gasteiger partial charge in [0.1, 0.15) is 18.2 Å². The van der Waals surface area contributed by atoms with Gasteiger partial charge in [0, 0.05) is 53.8 Å². The van der Waals surface area contributed by atoms with Gasteiger partial charge in [0.2, 0.25) is 0 Å². The summed E-state index contributed by atoms with van der Waals surface area (Å²) >= 11 is 6.12. The maximum atomic E-state index is 9.51. The average Bonchev–Trinajstić information content (AvgIpc) is 2.85. The summed E-state index contributed by atoms with van der Waals surface area (Å²) in [5.41, 5.74) is 3.06. The van der Waals surface area contributed by atoms with Gasteiger partial charge in [-0.2, -0.15) is 0 Å². The molecular formula is C25H27ClN4O3. The van der Waals surface area contributed by atoms with E-state index >= 15 is 0 Å². The lowest BCUT2D eigenvalue weighted by molar-refractivity contribution is 0.116. The summed E-state index contributed by atoms with van der Waals surface area (Å²) in [5, 5.41) is 14.1. The second-order valence-electron chi connectivity index (χ2n) is 7.83. The summed E-state index contributed by atoms with van der Waals surface area (Å²) in [6.45, 7) is 9.42. The molecule has 2 N–H and O–H groups in total. The number of hydrogen-bond donors (Lipinski definition) is 2. The van der Waals surface area contributed by atoms with Crippen LogP contribution in [0.1, 0.15) is 18.4 Å². The summed E-state index contributed by atoms with van der Waals surface area (Å²) in [7, 11) is 1.62. The molecule has 0 saturated carbocycles. The Hall–Kier alpha value is -3.29. The number of nitrogens with zero attached hydrogens (tertiary/aromatic N) is 3. The number of aliphatic hydroxyl groups is 1. The average molecular weight is 467 g/mol. The van der Waals surface area contributed by atoms with Crippen molar-refractivity contribution in [3.8, 4) is 11.5 Å². The van der Waals surface area contributed by atoms with Crippen LogP contribution >= 0.6 is 11.6 Å². The van der Waals surface area contributed by atoms with Gasteiger partial charge >= 0.3 is 0 Å². The van der Waals surface area contributed by atoms with Crippen molar-refractivity contribution in [1.82, 2.24) is 14.9 Å². The lowest BCUT2D eigenvalue weighted by atomic mass is 10.1. The van der Waals surface area contributed by atoms with Gasteiger partial charge in [-0.3, -0.25) is 0 Å². The van der Waals surface area contributed by atoms with Crippen molar-refractivity contribution in [3.63, 3.8) is 0 Å². The minimum atomic E-state index is -0.146. The number of piperidine rings is 1. The lowest BCUT2D eigenvalue weighted by Crippen LogP contribution is -2.37. The normalized spacial score (nSPS) is 14.2. The highest BCUT2D eigenvalue weighted by Crippen LogP contribution is 2.36. The third-order valence-electron chi connectivity index (χ3n) is 5.78. The number of hydrogen-bond acceptors (Lipinski definition) is 7. The fraction of sp³-hybridized carbons (Fsp3) is 0.280. The number of benzene rings is 2. The van der Waals surface area contributed by atoms with E-state index in [4.69, 9.17) is 21.1 Å². The topological polar surface area (TPSA) is 79.7 Å². The number of methoxy groups -OCH3 is 1. The monoisotopic (exact) mass is 466 g/mol. The van der Waals surface area contributed by atoms with E-state index in [0.29, 0.717) is 27.9 Å². The molecule has 172 valence electrons. The molecule has 33 heavy (non-hydrogen) atoms. The quantitative estimate of drug-likeness (QED) is 0.448. The summed E-state index contributed by atoms with van der Waals surface area (Å²) in [4.78, 5) is 11.0. The minimum Gasteiger partial charge on any atom is -0.493 e. The molecule has 0 unspecified atom stereocenters. The Balaban J connectivity index is 1.60. The second kappa shape index (κ2) is 10.1. The van der Waals surface area contributed by atoms with Crippen molar-refractivity contribution in [1.29, 1.82) is 0 Å². The molecule has 1 fully saturated rings. The van der Waals surface area contributed by atoms with E-state index in [1.165, 1.54) is 6.33 Å². The Bertz CT molecular complexity index is 1180. The molecular weight excluding hydrogens is 440 g/mol. The SMILES string of the molecule is C=CC(=C)N1CCC(Oc2cc3c(Nc4ccc(Cl)c(CO)c4)ncnc3cc2OC)CC1. The molecule has 0 atom stereocenters. The number of nitrogens with one attached hydrogen (secondary N) is 1. The molecule has 2 heterocycles.